The number of anilines is 2. The summed E-state index contributed by atoms with van der Waals surface area (Å²) in [5, 5.41) is 3.40. The molecule has 1 fully saturated rings. The minimum atomic E-state index is 0.521. The quantitative estimate of drug-likeness (QED) is 0.748. The summed E-state index contributed by atoms with van der Waals surface area (Å²) in [5.41, 5.74) is 5.58. The van der Waals surface area contributed by atoms with Crippen molar-refractivity contribution >= 4 is 11.6 Å². The third kappa shape index (κ3) is 1.95. The number of nitrogens with one attached hydrogen (secondary N) is 1. The van der Waals surface area contributed by atoms with Crippen molar-refractivity contribution in [1.29, 1.82) is 0 Å². The fourth-order valence-corrected chi connectivity index (χ4v) is 2.00. The zero-order valence-electron chi connectivity index (χ0n) is 8.40. The van der Waals surface area contributed by atoms with Crippen LogP contribution in [0, 0.1) is 5.92 Å². The number of aromatic nitrogens is 2. The van der Waals surface area contributed by atoms with Gasteiger partial charge in [0.15, 0.2) is 0 Å². The Kier molecular flexibility index (Phi) is 2.52. The lowest BCUT2D eigenvalue weighted by atomic mass is 10.1. The van der Waals surface area contributed by atoms with E-state index in [0.717, 1.165) is 11.7 Å². The molecule has 1 aromatic heterocycles. The third-order valence-electron chi connectivity index (χ3n) is 2.88. The molecule has 1 aliphatic rings. The first-order chi connectivity index (χ1) is 6.75. The smallest absolute Gasteiger partial charge is 0.131 e. The van der Waals surface area contributed by atoms with Gasteiger partial charge in [0.2, 0.25) is 0 Å². The standard InChI is InChI=1S/C10H16N4/c1-7-3-2-4-8(7)14-10-5-9(11)12-6-13-10/h5-8H,2-4H2,1H3,(H3,11,12,13,14). The summed E-state index contributed by atoms with van der Waals surface area (Å²) in [5.74, 6) is 2.09. The maximum atomic E-state index is 5.58. The third-order valence-corrected chi connectivity index (χ3v) is 2.88. The number of rotatable bonds is 2. The Hall–Kier alpha value is -1.32. The van der Waals surface area contributed by atoms with Crippen molar-refractivity contribution in [3.05, 3.63) is 12.4 Å². The second-order valence-corrected chi connectivity index (χ2v) is 3.99. The van der Waals surface area contributed by atoms with Crippen LogP contribution in [0.1, 0.15) is 26.2 Å². The lowest BCUT2D eigenvalue weighted by Crippen LogP contribution is -2.22. The average molecular weight is 192 g/mol. The molecule has 2 atom stereocenters. The Morgan fingerprint density at radius 1 is 1.43 bits per heavy atom. The lowest BCUT2D eigenvalue weighted by molar-refractivity contribution is 0.555. The van der Waals surface area contributed by atoms with Gasteiger partial charge in [0, 0.05) is 12.1 Å². The molecule has 1 heterocycles. The second kappa shape index (κ2) is 3.82. The first-order valence-electron chi connectivity index (χ1n) is 5.10. The van der Waals surface area contributed by atoms with Gasteiger partial charge in [0.25, 0.3) is 0 Å². The van der Waals surface area contributed by atoms with E-state index in [2.05, 4.69) is 22.2 Å². The van der Waals surface area contributed by atoms with E-state index in [-0.39, 0.29) is 0 Å². The molecule has 4 heteroatoms. The molecule has 2 rings (SSSR count). The summed E-state index contributed by atoms with van der Waals surface area (Å²) >= 11 is 0. The molecule has 0 spiro atoms. The minimum Gasteiger partial charge on any atom is -0.384 e. The molecule has 76 valence electrons. The molecular weight excluding hydrogens is 176 g/mol. The number of nitrogens with zero attached hydrogens (tertiary/aromatic N) is 2. The molecular formula is C10H16N4. The van der Waals surface area contributed by atoms with Crippen molar-refractivity contribution in [3.8, 4) is 0 Å². The molecule has 0 aliphatic heterocycles. The van der Waals surface area contributed by atoms with Gasteiger partial charge in [-0.1, -0.05) is 13.3 Å². The number of nitrogen functional groups attached to an aromatic ring is 1. The predicted molar refractivity (Wildman–Crippen MR) is 56.9 cm³/mol. The summed E-state index contributed by atoms with van der Waals surface area (Å²) in [4.78, 5) is 8.00. The van der Waals surface area contributed by atoms with E-state index in [9.17, 15) is 0 Å². The van der Waals surface area contributed by atoms with Crippen LogP contribution in [0.15, 0.2) is 12.4 Å². The maximum absolute atomic E-state index is 5.58. The van der Waals surface area contributed by atoms with Gasteiger partial charge >= 0.3 is 0 Å². The van der Waals surface area contributed by atoms with Crippen LogP contribution in [0.3, 0.4) is 0 Å². The molecule has 4 nitrogen and oxygen atoms in total. The largest absolute Gasteiger partial charge is 0.384 e. The van der Waals surface area contributed by atoms with E-state index in [4.69, 9.17) is 5.73 Å². The fraction of sp³-hybridized carbons (Fsp3) is 0.600. The SMILES string of the molecule is CC1CCCC1Nc1cc(N)ncn1. The van der Waals surface area contributed by atoms with Crippen molar-refractivity contribution in [3.63, 3.8) is 0 Å². The van der Waals surface area contributed by atoms with Crippen LogP contribution in [0.25, 0.3) is 0 Å². The van der Waals surface area contributed by atoms with Crippen molar-refractivity contribution < 1.29 is 0 Å². The van der Waals surface area contributed by atoms with Gasteiger partial charge in [-0.3, -0.25) is 0 Å². The first-order valence-corrected chi connectivity index (χ1v) is 5.10. The molecule has 3 N–H and O–H groups in total. The van der Waals surface area contributed by atoms with Crippen LogP contribution >= 0.6 is 0 Å². The number of hydrogen-bond acceptors (Lipinski definition) is 4. The van der Waals surface area contributed by atoms with Crippen molar-refractivity contribution in [2.45, 2.75) is 32.2 Å². The Morgan fingerprint density at radius 3 is 2.93 bits per heavy atom. The number of nitrogens with two attached hydrogens (primary N) is 1. The molecule has 1 saturated carbocycles. The van der Waals surface area contributed by atoms with E-state index >= 15 is 0 Å². The summed E-state index contributed by atoms with van der Waals surface area (Å²) in [6.07, 6.45) is 5.33. The topological polar surface area (TPSA) is 63.8 Å². The lowest BCUT2D eigenvalue weighted by Gasteiger charge is -2.17. The zero-order chi connectivity index (χ0) is 9.97. The minimum absolute atomic E-state index is 0.521. The Balaban J connectivity index is 2.03. The summed E-state index contributed by atoms with van der Waals surface area (Å²) in [6, 6.07) is 2.33. The van der Waals surface area contributed by atoms with Crippen molar-refractivity contribution in [2.24, 2.45) is 5.92 Å². The van der Waals surface area contributed by atoms with Crippen LogP contribution in [-0.2, 0) is 0 Å². The average Bonchev–Trinajstić information content (AvgIpc) is 2.52. The fourth-order valence-electron chi connectivity index (χ4n) is 2.00. The van der Waals surface area contributed by atoms with Crippen LogP contribution < -0.4 is 11.1 Å². The van der Waals surface area contributed by atoms with Gasteiger partial charge < -0.3 is 11.1 Å². The Morgan fingerprint density at radius 2 is 2.29 bits per heavy atom. The molecule has 0 radical (unpaired) electrons. The van der Waals surface area contributed by atoms with Crippen LogP contribution in [0.4, 0.5) is 11.6 Å². The van der Waals surface area contributed by atoms with E-state index in [1.807, 2.05) is 0 Å². The molecule has 14 heavy (non-hydrogen) atoms. The predicted octanol–water partition coefficient (Wildman–Crippen LogP) is 1.66. The maximum Gasteiger partial charge on any atom is 0.131 e. The van der Waals surface area contributed by atoms with E-state index < -0.39 is 0 Å². The molecule has 1 aliphatic carbocycles. The number of hydrogen-bond donors (Lipinski definition) is 2. The molecule has 0 saturated heterocycles. The van der Waals surface area contributed by atoms with Crippen LogP contribution in [0.2, 0.25) is 0 Å². The summed E-state index contributed by atoms with van der Waals surface area (Å²) in [6.45, 7) is 2.27. The van der Waals surface area contributed by atoms with Gasteiger partial charge in [-0.25, -0.2) is 9.97 Å². The highest BCUT2D eigenvalue weighted by molar-refractivity contribution is 5.44. The summed E-state index contributed by atoms with van der Waals surface area (Å²) in [7, 11) is 0. The monoisotopic (exact) mass is 192 g/mol. The van der Waals surface area contributed by atoms with Gasteiger partial charge in [-0.05, 0) is 18.8 Å². The Bertz CT molecular complexity index is 313. The van der Waals surface area contributed by atoms with E-state index in [1.165, 1.54) is 25.6 Å². The highest BCUT2D eigenvalue weighted by Crippen LogP contribution is 2.27. The molecule has 0 aromatic carbocycles. The van der Waals surface area contributed by atoms with Gasteiger partial charge in [-0.2, -0.15) is 0 Å². The van der Waals surface area contributed by atoms with Crippen LogP contribution in [0.5, 0.6) is 0 Å². The molecule has 0 bridgehead atoms. The van der Waals surface area contributed by atoms with E-state index in [0.29, 0.717) is 11.9 Å². The van der Waals surface area contributed by atoms with Crippen molar-refractivity contribution in [1.82, 2.24) is 9.97 Å². The van der Waals surface area contributed by atoms with E-state index in [1.54, 1.807) is 6.07 Å². The molecule has 1 aromatic rings. The van der Waals surface area contributed by atoms with Crippen molar-refractivity contribution in [2.75, 3.05) is 11.1 Å². The molecule has 0 amide bonds. The van der Waals surface area contributed by atoms with Gasteiger partial charge in [-0.15, -0.1) is 0 Å². The second-order valence-electron chi connectivity index (χ2n) is 3.99. The summed E-state index contributed by atoms with van der Waals surface area (Å²) < 4.78 is 0. The highest BCUT2D eigenvalue weighted by Gasteiger charge is 2.23. The Labute approximate surface area is 83.9 Å². The van der Waals surface area contributed by atoms with Gasteiger partial charge in [0.05, 0.1) is 0 Å². The first kappa shape index (κ1) is 9.24. The van der Waals surface area contributed by atoms with Crippen LogP contribution in [-0.4, -0.2) is 16.0 Å². The van der Waals surface area contributed by atoms with Gasteiger partial charge in [0.1, 0.15) is 18.0 Å². The molecule has 2 unspecified atom stereocenters. The normalized spacial score (nSPS) is 26.4. The zero-order valence-corrected chi connectivity index (χ0v) is 8.40. The highest BCUT2D eigenvalue weighted by atomic mass is 15.1.